The Hall–Kier alpha value is -0.530. The lowest BCUT2D eigenvalue weighted by atomic mass is 9.62. The molecular weight excluding hydrogens is 512 g/mol. The van der Waals surface area contributed by atoms with E-state index >= 15 is 0 Å². The Labute approximate surface area is 266 Å². The zero-order valence-electron chi connectivity index (χ0n) is 30.1. The molecule has 0 spiro atoms. The lowest BCUT2D eigenvalue weighted by Gasteiger charge is -2.43. The van der Waals surface area contributed by atoms with Crippen molar-refractivity contribution in [2.75, 3.05) is 0 Å². The van der Waals surface area contributed by atoms with Crippen LogP contribution in [0.1, 0.15) is 234 Å². The fourth-order valence-corrected chi connectivity index (χ4v) is 7.86. The van der Waals surface area contributed by atoms with Crippen molar-refractivity contribution >= 4 is 5.97 Å². The summed E-state index contributed by atoms with van der Waals surface area (Å²) in [6.45, 7) is 13.7. The Morgan fingerprint density at radius 3 is 1.10 bits per heavy atom. The molecule has 0 aromatic heterocycles. The van der Waals surface area contributed by atoms with Crippen LogP contribution in [-0.2, 0) is 4.79 Å². The van der Waals surface area contributed by atoms with Crippen LogP contribution < -0.4 is 0 Å². The minimum atomic E-state index is -0.533. The molecule has 2 unspecified atom stereocenters. The Morgan fingerprint density at radius 2 is 0.762 bits per heavy atom. The minimum Gasteiger partial charge on any atom is -0.481 e. The molecule has 0 aliphatic heterocycles. The van der Waals surface area contributed by atoms with Crippen LogP contribution in [0.15, 0.2) is 0 Å². The zero-order chi connectivity index (χ0) is 31.4. The summed E-state index contributed by atoms with van der Waals surface area (Å²) >= 11 is 0. The molecule has 0 saturated heterocycles. The highest BCUT2D eigenvalue weighted by molar-refractivity contribution is 5.74. The molecule has 42 heavy (non-hydrogen) atoms. The SMILES string of the molecule is CCCCCCC(CCCCC(CC)(CCCCCC)C(=O)O)C(CCCCCC)(CCCCCC)CCCCCC. The Kier molecular flexibility index (Phi) is 27.6. The van der Waals surface area contributed by atoms with E-state index in [0.29, 0.717) is 5.41 Å². The number of hydrogen-bond donors (Lipinski definition) is 1. The van der Waals surface area contributed by atoms with E-state index in [1.807, 2.05) is 0 Å². The smallest absolute Gasteiger partial charge is 0.309 e. The van der Waals surface area contributed by atoms with Gasteiger partial charge in [-0.2, -0.15) is 0 Å². The van der Waals surface area contributed by atoms with Crippen molar-refractivity contribution in [3.8, 4) is 0 Å². The Morgan fingerprint density at radius 1 is 0.452 bits per heavy atom. The summed E-state index contributed by atoms with van der Waals surface area (Å²) in [5, 5.41) is 10.3. The summed E-state index contributed by atoms with van der Waals surface area (Å²) in [4.78, 5) is 12.5. The maximum atomic E-state index is 12.5. The monoisotopic (exact) mass is 593 g/mol. The van der Waals surface area contributed by atoms with Crippen LogP contribution in [0.3, 0.4) is 0 Å². The van der Waals surface area contributed by atoms with Crippen molar-refractivity contribution in [2.24, 2.45) is 16.7 Å². The zero-order valence-corrected chi connectivity index (χ0v) is 30.1. The van der Waals surface area contributed by atoms with Crippen molar-refractivity contribution in [2.45, 2.75) is 234 Å². The first-order valence-electron chi connectivity index (χ1n) is 19.6. The highest BCUT2D eigenvalue weighted by Crippen LogP contribution is 2.48. The van der Waals surface area contributed by atoms with E-state index in [2.05, 4.69) is 41.5 Å². The molecule has 0 heterocycles. The fraction of sp³-hybridized carbons (Fsp3) is 0.975. The van der Waals surface area contributed by atoms with Crippen molar-refractivity contribution < 1.29 is 9.90 Å². The van der Waals surface area contributed by atoms with E-state index in [-0.39, 0.29) is 0 Å². The van der Waals surface area contributed by atoms with Gasteiger partial charge in [-0.3, -0.25) is 4.79 Å². The standard InChI is InChI=1S/C40H80O2/c1-7-13-18-23-30-37(31-24-29-33-39(12-6,38(41)42)32-25-19-14-8-2)40(34-26-20-15-9-3,35-27-21-16-10-4)36-28-22-17-11-5/h37H,7-36H2,1-6H3,(H,41,42). The topological polar surface area (TPSA) is 37.3 Å². The van der Waals surface area contributed by atoms with Crippen LogP contribution in [-0.4, -0.2) is 11.1 Å². The van der Waals surface area contributed by atoms with Crippen molar-refractivity contribution in [1.82, 2.24) is 0 Å². The van der Waals surface area contributed by atoms with Gasteiger partial charge in [-0.05, 0) is 62.7 Å². The number of hydrogen-bond acceptors (Lipinski definition) is 1. The van der Waals surface area contributed by atoms with E-state index in [4.69, 9.17) is 0 Å². The van der Waals surface area contributed by atoms with Crippen LogP contribution in [0.4, 0.5) is 0 Å². The third-order valence-electron chi connectivity index (χ3n) is 11.0. The van der Waals surface area contributed by atoms with Crippen LogP contribution in [0.2, 0.25) is 0 Å². The number of aliphatic carboxylic acids is 1. The molecule has 2 atom stereocenters. The normalized spacial score (nSPS) is 14.2. The highest BCUT2D eigenvalue weighted by Gasteiger charge is 2.38. The molecule has 0 bridgehead atoms. The van der Waals surface area contributed by atoms with Gasteiger partial charge < -0.3 is 5.11 Å². The molecule has 0 aliphatic rings. The maximum Gasteiger partial charge on any atom is 0.309 e. The molecule has 0 aliphatic carbocycles. The van der Waals surface area contributed by atoms with Crippen LogP contribution >= 0.6 is 0 Å². The average molecular weight is 593 g/mol. The highest BCUT2D eigenvalue weighted by atomic mass is 16.4. The average Bonchev–Trinajstić information content (AvgIpc) is 2.99. The summed E-state index contributed by atoms with van der Waals surface area (Å²) in [5.41, 5.74) is 0.0120. The molecule has 0 rings (SSSR count). The van der Waals surface area contributed by atoms with Crippen molar-refractivity contribution in [3.63, 3.8) is 0 Å². The minimum absolute atomic E-state index is 0.498. The number of carbonyl (C=O) groups is 1. The Bertz CT molecular complexity index is 553. The summed E-state index contributed by atoms with van der Waals surface area (Å²) in [7, 11) is 0. The van der Waals surface area contributed by atoms with Gasteiger partial charge >= 0.3 is 5.97 Å². The maximum absolute atomic E-state index is 12.5. The largest absolute Gasteiger partial charge is 0.481 e. The molecule has 0 amide bonds. The van der Waals surface area contributed by atoms with Gasteiger partial charge in [0, 0.05) is 0 Å². The summed E-state index contributed by atoms with van der Waals surface area (Å²) in [5.74, 6) is 0.291. The van der Waals surface area contributed by atoms with E-state index in [1.54, 1.807) is 0 Å². The lowest BCUT2D eigenvalue weighted by molar-refractivity contribution is -0.150. The third kappa shape index (κ3) is 18.3. The van der Waals surface area contributed by atoms with Gasteiger partial charge in [-0.25, -0.2) is 0 Å². The van der Waals surface area contributed by atoms with E-state index in [1.165, 1.54) is 161 Å². The molecule has 0 radical (unpaired) electrons. The molecule has 2 heteroatoms. The van der Waals surface area contributed by atoms with E-state index in [9.17, 15) is 9.90 Å². The third-order valence-corrected chi connectivity index (χ3v) is 11.0. The number of carboxylic acid groups (broad SMARTS) is 1. The number of unbranched alkanes of at least 4 members (excludes halogenated alkanes) is 16. The number of rotatable bonds is 33. The quantitative estimate of drug-likeness (QED) is 0.0769. The van der Waals surface area contributed by atoms with Gasteiger partial charge in [0.1, 0.15) is 0 Å². The lowest BCUT2D eigenvalue weighted by Crippen LogP contribution is -2.32. The van der Waals surface area contributed by atoms with Gasteiger partial charge in [-0.15, -0.1) is 0 Å². The molecule has 0 fully saturated rings. The predicted molar refractivity (Wildman–Crippen MR) is 189 cm³/mol. The van der Waals surface area contributed by atoms with Crippen LogP contribution in [0, 0.1) is 16.7 Å². The summed E-state index contributed by atoms with van der Waals surface area (Å²) in [6.07, 6.45) is 38.6. The van der Waals surface area contributed by atoms with E-state index in [0.717, 1.165) is 38.0 Å². The fourth-order valence-electron chi connectivity index (χ4n) is 7.86. The van der Waals surface area contributed by atoms with E-state index < -0.39 is 11.4 Å². The van der Waals surface area contributed by atoms with Crippen LogP contribution in [0.25, 0.3) is 0 Å². The van der Waals surface area contributed by atoms with Gasteiger partial charge in [0.05, 0.1) is 5.41 Å². The number of carboxylic acids is 1. The molecule has 2 nitrogen and oxygen atoms in total. The van der Waals surface area contributed by atoms with Crippen LogP contribution in [0.5, 0.6) is 0 Å². The summed E-state index contributed by atoms with van der Waals surface area (Å²) < 4.78 is 0. The Balaban J connectivity index is 5.81. The van der Waals surface area contributed by atoms with Gasteiger partial charge in [0.25, 0.3) is 0 Å². The van der Waals surface area contributed by atoms with Crippen molar-refractivity contribution in [1.29, 1.82) is 0 Å². The second kappa shape index (κ2) is 28.0. The first-order valence-corrected chi connectivity index (χ1v) is 19.6. The molecule has 0 saturated carbocycles. The predicted octanol–water partition coefficient (Wildman–Crippen LogP) is 14.5. The van der Waals surface area contributed by atoms with Gasteiger partial charge in [-0.1, -0.05) is 183 Å². The van der Waals surface area contributed by atoms with Gasteiger partial charge in [0.15, 0.2) is 0 Å². The molecular formula is C40H80O2. The molecule has 0 aromatic rings. The van der Waals surface area contributed by atoms with Gasteiger partial charge in [0.2, 0.25) is 0 Å². The molecule has 1 N–H and O–H groups in total. The second-order valence-electron chi connectivity index (χ2n) is 14.3. The first kappa shape index (κ1) is 41.5. The summed E-state index contributed by atoms with van der Waals surface area (Å²) in [6, 6.07) is 0. The van der Waals surface area contributed by atoms with Crippen molar-refractivity contribution in [3.05, 3.63) is 0 Å². The molecule has 252 valence electrons. The second-order valence-corrected chi connectivity index (χ2v) is 14.3. The first-order chi connectivity index (χ1) is 20.4. The molecule has 0 aromatic carbocycles.